The van der Waals surface area contributed by atoms with Crippen LogP contribution in [-0.4, -0.2) is 35.9 Å². The molecule has 1 aliphatic heterocycles. The number of amides is 1. The first-order chi connectivity index (χ1) is 9.75. The number of hydrogen-bond donors (Lipinski definition) is 0. The normalized spacial score (nSPS) is 29.0. The van der Waals surface area contributed by atoms with Crippen molar-refractivity contribution in [3.63, 3.8) is 0 Å². The van der Waals surface area contributed by atoms with E-state index in [0.717, 1.165) is 17.3 Å². The number of esters is 1. The molecule has 0 saturated heterocycles. The second kappa shape index (κ2) is 4.98. The molecule has 2 rings (SSSR count). The van der Waals surface area contributed by atoms with Gasteiger partial charge in [-0.2, -0.15) is 0 Å². The maximum absolute atomic E-state index is 12.4. The van der Waals surface area contributed by atoms with E-state index in [9.17, 15) is 19.7 Å². The highest BCUT2D eigenvalue weighted by atomic mass is 16.6. The molecule has 2 atom stereocenters. The predicted molar refractivity (Wildman–Crippen MR) is 73.4 cm³/mol. The van der Waals surface area contributed by atoms with Crippen molar-refractivity contribution in [2.24, 2.45) is 11.3 Å². The number of allylic oxidation sites excluding steroid dienone is 2. The smallest absolute Gasteiger partial charge is 0.324 e. The highest BCUT2D eigenvalue weighted by Crippen LogP contribution is 2.52. The summed E-state index contributed by atoms with van der Waals surface area (Å²) in [6.07, 6.45) is 1.61. The van der Waals surface area contributed by atoms with E-state index >= 15 is 0 Å². The highest BCUT2D eigenvalue weighted by molar-refractivity contribution is 5.93. The van der Waals surface area contributed by atoms with Crippen LogP contribution in [0.25, 0.3) is 0 Å². The summed E-state index contributed by atoms with van der Waals surface area (Å²) in [4.78, 5) is 36.9. The minimum atomic E-state index is -1.52. The summed E-state index contributed by atoms with van der Waals surface area (Å²) in [7, 11) is 2.66. The highest BCUT2D eigenvalue weighted by Gasteiger charge is 2.62. The van der Waals surface area contributed by atoms with Gasteiger partial charge in [0, 0.05) is 7.05 Å². The van der Waals surface area contributed by atoms with Gasteiger partial charge in [-0.3, -0.25) is 19.7 Å². The number of methoxy groups -OCH3 is 1. The molecule has 1 aliphatic carbocycles. The van der Waals surface area contributed by atoms with Gasteiger partial charge >= 0.3 is 5.97 Å². The Kier molecular flexibility index (Phi) is 3.61. The quantitative estimate of drug-likeness (QED) is 0.333. The van der Waals surface area contributed by atoms with Gasteiger partial charge in [0.25, 0.3) is 5.70 Å². The molecule has 21 heavy (non-hydrogen) atoms. The minimum Gasteiger partial charge on any atom is -0.468 e. The Morgan fingerprint density at radius 2 is 2.10 bits per heavy atom. The van der Waals surface area contributed by atoms with Crippen LogP contribution in [0.2, 0.25) is 0 Å². The third-order valence-electron chi connectivity index (χ3n) is 4.54. The van der Waals surface area contributed by atoms with Gasteiger partial charge in [0.15, 0.2) is 5.41 Å². The first-order valence-corrected chi connectivity index (χ1v) is 6.62. The molecule has 0 N–H and O–H groups in total. The van der Waals surface area contributed by atoms with E-state index in [1.54, 1.807) is 0 Å². The van der Waals surface area contributed by atoms with Crippen molar-refractivity contribution in [3.05, 3.63) is 33.2 Å². The number of carbonyl (C=O) groups is 2. The maximum Gasteiger partial charge on any atom is 0.324 e. The molecular weight excluding hydrogens is 276 g/mol. The third-order valence-corrected chi connectivity index (χ3v) is 4.54. The molecule has 1 heterocycles. The molecule has 0 fully saturated rings. The van der Waals surface area contributed by atoms with Crippen LogP contribution in [-0.2, 0) is 14.3 Å². The van der Waals surface area contributed by atoms with Gasteiger partial charge in [0.1, 0.15) is 0 Å². The molecule has 114 valence electrons. The first-order valence-electron chi connectivity index (χ1n) is 6.62. The summed E-state index contributed by atoms with van der Waals surface area (Å²) in [6, 6.07) is 0. The third kappa shape index (κ3) is 2.03. The van der Waals surface area contributed by atoms with Crippen molar-refractivity contribution in [2.75, 3.05) is 14.2 Å². The topological polar surface area (TPSA) is 89.8 Å². The summed E-state index contributed by atoms with van der Waals surface area (Å²) in [5.41, 5.74) is 0.0896. The minimum absolute atomic E-state index is 0.141. The van der Waals surface area contributed by atoms with Gasteiger partial charge in [-0.05, 0) is 26.7 Å². The van der Waals surface area contributed by atoms with Crippen molar-refractivity contribution < 1.29 is 19.2 Å². The fourth-order valence-electron chi connectivity index (χ4n) is 3.23. The number of carbonyl (C=O) groups excluding carboxylic acids is 2. The number of fused-ring (bicyclic) bond motifs is 1. The van der Waals surface area contributed by atoms with E-state index in [2.05, 4.69) is 0 Å². The lowest BCUT2D eigenvalue weighted by atomic mass is 9.61. The SMILES string of the molecule is COC(=O)[C@@]12CC(C)=C(C)C[C@@H]1C(=O)N(C)C=C2[N+](=O)[O-]. The van der Waals surface area contributed by atoms with Crippen molar-refractivity contribution >= 4 is 11.9 Å². The summed E-state index contributed by atoms with van der Waals surface area (Å²) in [5, 5.41) is 11.5. The molecule has 2 aliphatic rings. The molecule has 7 heteroatoms. The Hall–Kier alpha value is -2.18. The van der Waals surface area contributed by atoms with Crippen molar-refractivity contribution in [1.29, 1.82) is 0 Å². The van der Waals surface area contributed by atoms with Crippen LogP contribution in [0.15, 0.2) is 23.0 Å². The number of rotatable bonds is 2. The number of ether oxygens (including phenoxy) is 1. The summed E-state index contributed by atoms with van der Waals surface area (Å²) in [6.45, 7) is 3.71. The van der Waals surface area contributed by atoms with Crippen LogP contribution >= 0.6 is 0 Å². The molecule has 0 aromatic rings. The number of nitro groups is 1. The Morgan fingerprint density at radius 3 is 2.62 bits per heavy atom. The molecule has 0 bridgehead atoms. The predicted octanol–water partition coefficient (Wildman–Crippen LogP) is 1.48. The van der Waals surface area contributed by atoms with Crippen molar-refractivity contribution in [2.45, 2.75) is 26.7 Å². The van der Waals surface area contributed by atoms with Crippen LogP contribution in [0.4, 0.5) is 0 Å². The molecule has 0 aromatic carbocycles. The first kappa shape index (κ1) is 15.2. The Labute approximate surface area is 122 Å². The lowest BCUT2D eigenvalue weighted by Crippen LogP contribution is -2.54. The van der Waals surface area contributed by atoms with Gasteiger partial charge in [-0.1, -0.05) is 11.1 Å². The lowest BCUT2D eigenvalue weighted by molar-refractivity contribution is -0.443. The fraction of sp³-hybridized carbons (Fsp3) is 0.571. The average Bonchev–Trinajstić information content (AvgIpc) is 2.44. The van der Waals surface area contributed by atoms with Gasteiger partial charge in [0.2, 0.25) is 5.91 Å². The van der Waals surface area contributed by atoms with Crippen LogP contribution in [0.1, 0.15) is 26.7 Å². The largest absolute Gasteiger partial charge is 0.468 e. The summed E-state index contributed by atoms with van der Waals surface area (Å²) in [5.74, 6) is -1.80. The van der Waals surface area contributed by atoms with E-state index in [0.29, 0.717) is 6.42 Å². The van der Waals surface area contributed by atoms with Gasteiger partial charge in [-0.15, -0.1) is 0 Å². The Morgan fingerprint density at radius 1 is 1.48 bits per heavy atom. The molecule has 0 aromatic heterocycles. The number of hydrogen-bond acceptors (Lipinski definition) is 5. The molecule has 0 radical (unpaired) electrons. The zero-order valence-electron chi connectivity index (χ0n) is 12.5. The van der Waals surface area contributed by atoms with Gasteiger partial charge in [-0.25, -0.2) is 0 Å². The molecular formula is C14H18N2O5. The van der Waals surface area contributed by atoms with Gasteiger partial charge in [0.05, 0.1) is 24.2 Å². The standard InChI is InChI=1S/C14H18N2O5/c1-8-5-10-12(17)15(3)7-11(16(19)20)14(10,6-9(8)2)13(18)21-4/h7,10H,5-6H2,1-4H3/t10-,14+/m1/s1. The van der Waals surface area contributed by atoms with E-state index in [1.807, 2.05) is 13.8 Å². The van der Waals surface area contributed by atoms with Crippen LogP contribution in [0, 0.1) is 21.4 Å². The second-order valence-electron chi connectivity index (χ2n) is 5.68. The molecule has 0 unspecified atom stereocenters. The number of nitrogens with zero attached hydrogens (tertiary/aromatic N) is 2. The molecule has 1 amide bonds. The van der Waals surface area contributed by atoms with Crippen molar-refractivity contribution in [1.82, 2.24) is 4.90 Å². The molecule has 0 spiro atoms. The second-order valence-corrected chi connectivity index (χ2v) is 5.68. The lowest BCUT2D eigenvalue weighted by Gasteiger charge is -2.43. The van der Waals surface area contributed by atoms with Crippen molar-refractivity contribution in [3.8, 4) is 0 Å². The molecule has 7 nitrogen and oxygen atoms in total. The fourth-order valence-corrected chi connectivity index (χ4v) is 3.23. The van der Waals surface area contributed by atoms with Gasteiger partial charge < -0.3 is 9.64 Å². The Balaban J connectivity index is 2.72. The van der Waals surface area contributed by atoms with E-state index in [1.165, 1.54) is 19.1 Å². The maximum atomic E-state index is 12.4. The summed E-state index contributed by atoms with van der Waals surface area (Å²) < 4.78 is 4.82. The molecule has 0 saturated carbocycles. The zero-order valence-corrected chi connectivity index (χ0v) is 12.5. The monoisotopic (exact) mass is 294 g/mol. The van der Waals surface area contributed by atoms with E-state index in [4.69, 9.17) is 4.74 Å². The van der Waals surface area contributed by atoms with Crippen LogP contribution in [0.3, 0.4) is 0 Å². The van der Waals surface area contributed by atoms with E-state index in [-0.39, 0.29) is 18.0 Å². The van der Waals surface area contributed by atoms with Crippen LogP contribution < -0.4 is 0 Å². The summed E-state index contributed by atoms with van der Waals surface area (Å²) >= 11 is 0. The Bertz CT molecular complexity index is 592. The van der Waals surface area contributed by atoms with Crippen LogP contribution in [0.5, 0.6) is 0 Å². The zero-order chi connectivity index (χ0) is 15.9. The van der Waals surface area contributed by atoms with E-state index < -0.39 is 22.2 Å². The average molecular weight is 294 g/mol.